The van der Waals surface area contributed by atoms with E-state index in [0.29, 0.717) is 39.9 Å². The smallest absolute Gasteiger partial charge is 0.416 e. The lowest BCUT2D eigenvalue weighted by Crippen LogP contribution is -2.25. The van der Waals surface area contributed by atoms with Crippen molar-refractivity contribution in [3.8, 4) is 17.2 Å². The molecule has 0 aliphatic carbocycles. The average Bonchev–Trinajstić information content (AvgIpc) is 3.31. The third kappa shape index (κ3) is 5.43. The lowest BCUT2D eigenvalue weighted by Gasteiger charge is -2.16. The number of thioether (sulfide) groups is 2. The van der Waals surface area contributed by atoms with E-state index in [-0.39, 0.29) is 16.6 Å². The summed E-state index contributed by atoms with van der Waals surface area (Å²) >= 11 is 2.29. The molecule has 2 aromatic carbocycles. The Morgan fingerprint density at radius 2 is 2.00 bits per heavy atom. The molecule has 184 valence electrons. The van der Waals surface area contributed by atoms with Crippen molar-refractivity contribution in [2.45, 2.75) is 22.6 Å². The molecule has 0 saturated carbocycles. The quantitative estimate of drug-likeness (QED) is 0.357. The molecule has 0 unspecified atom stereocenters. The van der Waals surface area contributed by atoms with E-state index in [0.717, 1.165) is 28.5 Å². The van der Waals surface area contributed by atoms with Crippen LogP contribution in [0.25, 0.3) is 5.69 Å². The summed E-state index contributed by atoms with van der Waals surface area (Å²) < 4.78 is 51.5. The molecule has 1 amide bonds. The van der Waals surface area contributed by atoms with Gasteiger partial charge in [-0.05, 0) is 30.3 Å². The number of anilines is 1. The Morgan fingerprint density at radius 3 is 2.71 bits per heavy atom. The van der Waals surface area contributed by atoms with Gasteiger partial charge in [-0.2, -0.15) is 13.2 Å². The molecule has 2 heterocycles. The SMILES string of the molecule is COc1ccc(OC)c(NC(=O)CSc2nc3c(c(=O)n2-c2cccc(C(F)(F)F)c2)SCC3)c1. The van der Waals surface area contributed by atoms with Gasteiger partial charge in [-0.3, -0.25) is 14.2 Å². The van der Waals surface area contributed by atoms with E-state index in [1.807, 2.05) is 0 Å². The first kappa shape index (κ1) is 25.0. The Morgan fingerprint density at radius 1 is 1.20 bits per heavy atom. The molecule has 0 spiro atoms. The maximum absolute atomic E-state index is 13.3. The van der Waals surface area contributed by atoms with Crippen LogP contribution in [0.5, 0.6) is 11.5 Å². The highest BCUT2D eigenvalue weighted by molar-refractivity contribution is 8.00. The Bertz CT molecular complexity index is 1330. The first-order valence-electron chi connectivity index (χ1n) is 10.3. The topological polar surface area (TPSA) is 82.5 Å². The van der Waals surface area contributed by atoms with Crippen molar-refractivity contribution in [3.63, 3.8) is 0 Å². The summed E-state index contributed by atoms with van der Waals surface area (Å²) in [5.74, 6) is 1.05. The van der Waals surface area contributed by atoms with Crippen molar-refractivity contribution in [2.75, 3.05) is 31.0 Å². The van der Waals surface area contributed by atoms with E-state index in [4.69, 9.17) is 9.47 Å². The van der Waals surface area contributed by atoms with Gasteiger partial charge in [0.05, 0.1) is 47.5 Å². The van der Waals surface area contributed by atoms with Crippen molar-refractivity contribution in [3.05, 3.63) is 64.1 Å². The molecule has 12 heteroatoms. The van der Waals surface area contributed by atoms with E-state index in [2.05, 4.69) is 10.3 Å². The number of fused-ring (bicyclic) bond motifs is 1. The molecule has 4 rings (SSSR count). The van der Waals surface area contributed by atoms with E-state index in [9.17, 15) is 22.8 Å². The molecule has 7 nitrogen and oxygen atoms in total. The molecule has 0 saturated heterocycles. The van der Waals surface area contributed by atoms with Crippen molar-refractivity contribution in [1.29, 1.82) is 0 Å². The third-order valence-corrected chi connectivity index (χ3v) is 7.16. The van der Waals surface area contributed by atoms with E-state index in [1.54, 1.807) is 18.2 Å². The van der Waals surface area contributed by atoms with Crippen LogP contribution < -0.4 is 20.3 Å². The summed E-state index contributed by atoms with van der Waals surface area (Å²) in [5, 5.41) is 2.87. The molecule has 1 N–H and O–H groups in total. The molecular weight excluding hydrogens is 503 g/mol. The van der Waals surface area contributed by atoms with Crippen molar-refractivity contribution in [2.24, 2.45) is 0 Å². The number of ether oxygens (including phenoxy) is 2. The van der Waals surface area contributed by atoms with Gasteiger partial charge in [0.15, 0.2) is 5.16 Å². The fourth-order valence-corrected chi connectivity index (χ4v) is 5.32. The number of aryl methyl sites for hydroxylation is 1. The van der Waals surface area contributed by atoms with Crippen LogP contribution in [0.2, 0.25) is 0 Å². The summed E-state index contributed by atoms with van der Waals surface area (Å²) in [7, 11) is 2.96. The molecular formula is C23H20F3N3O4S2. The number of halogens is 3. The summed E-state index contributed by atoms with van der Waals surface area (Å²) in [6.45, 7) is 0. The van der Waals surface area contributed by atoms with Crippen LogP contribution in [0.1, 0.15) is 11.3 Å². The Balaban J connectivity index is 1.64. The van der Waals surface area contributed by atoms with Gasteiger partial charge in [0.25, 0.3) is 5.56 Å². The van der Waals surface area contributed by atoms with Crippen LogP contribution in [-0.4, -0.2) is 41.2 Å². The van der Waals surface area contributed by atoms with Crippen LogP contribution in [0, 0.1) is 0 Å². The first-order valence-corrected chi connectivity index (χ1v) is 12.3. The van der Waals surface area contributed by atoms with E-state index in [1.165, 1.54) is 38.1 Å². The number of carbonyl (C=O) groups is 1. The number of alkyl halides is 3. The maximum Gasteiger partial charge on any atom is 0.416 e. The molecule has 1 aromatic heterocycles. The van der Waals surface area contributed by atoms with Gasteiger partial charge in [0.2, 0.25) is 5.91 Å². The normalized spacial score (nSPS) is 12.8. The minimum absolute atomic E-state index is 0.0324. The molecule has 3 aromatic rings. The molecule has 35 heavy (non-hydrogen) atoms. The summed E-state index contributed by atoms with van der Waals surface area (Å²) in [6.07, 6.45) is -4.00. The molecule has 1 aliphatic heterocycles. The van der Waals surface area contributed by atoms with Crippen molar-refractivity contribution in [1.82, 2.24) is 9.55 Å². The zero-order valence-corrected chi connectivity index (χ0v) is 20.3. The number of rotatable bonds is 7. The Labute approximate surface area is 207 Å². The fourth-order valence-electron chi connectivity index (χ4n) is 3.47. The second-order valence-corrected chi connectivity index (χ2v) is 9.41. The highest BCUT2D eigenvalue weighted by Crippen LogP contribution is 2.33. The Kier molecular flexibility index (Phi) is 7.31. The van der Waals surface area contributed by atoms with E-state index < -0.39 is 23.2 Å². The van der Waals surface area contributed by atoms with Crippen LogP contribution in [-0.2, 0) is 17.4 Å². The zero-order valence-electron chi connectivity index (χ0n) is 18.6. The number of carbonyl (C=O) groups excluding carboxylic acids is 1. The number of aromatic nitrogens is 2. The molecule has 0 atom stereocenters. The number of methoxy groups -OCH3 is 2. The molecule has 0 fully saturated rings. The number of benzene rings is 2. The van der Waals surface area contributed by atoms with Crippen molar-refractivity contribution < 1.29 is 27.4 Å². The lowest BCUT2D eigenvalue weighted by molar-refractivity contribution is -0.137. The zero-order chi connectivity index (χ0) is 25.2. The molecule has 1 aliphatic rings. The number of amides is 1. The monoisotopic (exact) mass is 523 g/mol. The third-order valence-electron chi connectivity index (χ3n) is 5.11. The first-order chi connectivity index (χ1) is 16.7. The van der Waals surface area contributed by atoms with Crippen molar-refractivity contribution >= 4 is 35.1 Å². The number of hydrogen-bond donors (Lipinski definition) is 1. The Hall–Kier alpha value is -3.12. The highest BCUT2D eigenvalue weighted by Gasteiger charge is 2.31. The summed E-state index contributed by atoms with van der Waals surface area (Å²) in [5.41, 5.74) is -0.320. The number of nitrogens with zero attached hydrogens (tertiary/aromatic N) is 2. The van der Waals surface area contributed by atoms with E-state index >= 15 is 0 Å². The minimum atomic E-state index is -4.57. The molecule has 0 radical (unpaired) electrons. The van der Waals surface area contributed by atoms with Gasteiger partial charge < -0.3 is 14.8 Å². The predicted octanol–water partition coefficient (Wildman–Crippen LogP) is 4.65. The standard InChI is InChI=1S/C23H20F3N3O4S2/c1-32-15-6-7-18(33-2)17(11-15)27-19(30)12-35-22-28-16-8-9-34-20(16)21(31)29(22)14-5-3-4-13(10-14)23(24,25)26/h3-7,10-11H,8-9,12H2,1-2H3,(H,27,30). The van der Waals surface area contributed by atoms with Crippen LogP contribution in [0.3, 0.4) is 0 Å². The van der Waals surface area contributed by atoms with Gasteiger partial charge >= 0.3 is 6.18 Å². The fraction of sp³-hybridized carbons (Fsp3) is 0.261. The largest absolute Gasteiger partial charge is 0.497 e. The van der Waals surface area contributed by atoms with Gasteiger partial charge in [-0.1, -0.05) is 17.8 Å². The lowest BCUT2D eigenvalue weighted by atomic mass is 10.2. The van der Waals surface area contributed by atoms with Crippen LogP contribution in [0.15, 0.2) is 57.3 Å². The number of hydrogen-bond acceptors (Lipinski definition) is 7. The maximum atomic E-state index is 13.3. The van der Waals surface area contributed by atoms with Gasteiger partial charge in [-0.25, -0.2) is 4.98 Å². The second kappa shape index (κ2) is 10.2. The van der Waals surface area contributed by atoms with Crippen LogP contribution in [0.4, 0.5) is 18.9 Å². The minimum Gasteiger partial charge on any atom is -0.497 e. The predicted molar refractivity (Wildman–Crippen MR) is 128 cm³/mol. The summed E-state index contributed by atoms with van der Waals surface area (Å²) in [6, 6.07) is 9.42. The van der Waals surface area contributed by atoms with Gasteiger partial charge in [0.1, 0.15) is 11.5 Å². The van der Waals surface area contributed by atoms with Gasteiger partial charge in [0, 0.05) is 18.2 Å². The second-order valence-electron chi connectivity index (χ2n) is 7.36. The molecule has 0 bridgehead atoms. The summed E-state index contributed by atoms with van der Waals surface area (Å²) in [4.78, 5) is 30.9. The van der Waals surface area contributed by atoms with Gasteiger partial charge in [-0.15, -0.1) is 11.8 Å². The average molecular weight is 524 g/mol. The number of nitrogens with one attached hydrogen (secondary N) is 1. The van der Waals surface area contributed by atoms with Crippen LogP contribution >= 0.6 is 23.5 Å². The highest BCUT2D eigenvalue weighted by atomic mass is 32.2.